The molecule has 0 spiro atoms. The van der Waals surface area contributed by atoms with Gasteiger partial charge in [-0.25, -0.2) is 71.7 Å². The van der Waals surface area contributed by atoms with Gasteiger partial charge in [-0.15, -0.1) is 0 Å². The molecule has 128 heavy (non-hydrogen) atoms. The third-order valence-electron chi connectivity index (χ3n) is 19.6. The molecule has 25 N–H and O–H groups in total. The highest BCUT2D eigenvalue weighted by Crippen LogP contribution is 2.56. The summed E-state index contributed by atoms with van der Waals surface area (Å²) in [6, 6.07) is 3.42. The highest BCUT2D eigenvalue weighted by atomic mass is 31.2. The summed E-state index contributed by atoms with van der Waals surface area (Å²) in [7, 11) is -32.4. The molecule has 0 saturated carbocycles. The van der Waals surface area contributed by atoms with E-state index in [1.165, 1.54) is 6.07 Å². The van der Waals surface area contributed by atoms with Crippen molar-refractivity contribution in [2.24, 2.45) is 0 Å². The first kappa shape index (κ1) is 95.3. The van der Waals surface area contributed by atoms with Gasteiger partial charge in [0.05, 0.1) is 77.6 Å². The smallest absolute Gasteiger partial charge is 0.387 e. The fraction of sp³-hybridized carbons (Fsp3) is 0.526. The maximum atomic E-state index is 13.6. The Morgan fingerprint density at radius 3 is 0.805 bits per heavy atom. The standard InChI is InChI=1S/C30H35N12O22P3.C27H38N9O22P3/c43-16-10(60-28(17(16)44)40-7-37-13-22(40)31-4-34-25(13)47)1-58-66(53,54)64-21-12(62-30(19(21)46)42-9-39-15-24(42)33-6-36-27(15)49)3-59-67(55,56)63-20-11(2-57-65(50,51)52)61-29(18(20)45)41-8-38-14-23(41)32-5-35-26(14)48;28-13-1-4-34(25(41)31-13)22-17(38)16(37)10(54-22)7-52-60(47,48)58-21-12(56-24(19(21)40)36-6-3-15(30)33-27(36)43)9-53-61(49,50)57-20-11(8-51-59(44,45)46)55-23(18(20)39)35-5-2-14(29)32-26(35)42/h4-12,16-21,28-30,43-46H,1-3H2,(H,53,54)(H,55,56)(H,31,34,47)(H,32,35,48)(H,33,36,49)(H2,50,51,52);1-6,10-12,16-24,37-40H,7-9H2,(H,47,48)(H,49,50)(H2,28,31,41)(H2,29,32,42)(H2,30,33,43)(H2,44,45,46)/t10-,11-,12-,16-,17-,18-,19-,20-,21-,28-,29-,30-;10-,11-,12-,16-,17-,18-,19-,20-,21-,22-,23-,24-/m11/s1. The molecule has 15 rings (SSSR count). The van der Waals surface area contributed by atoms with Gasteiger partial charge in [-0.1, -0.05) is 0 Å². The number of hydrogen-bond donors (Lipinski definition) is 22. The second-order valence-corrected chi connectivity index (χ2v) is 36.1. The minimum absolute atomic E-state index is 0.0376. The Morgan fingerprint density at radius 1 is 0.320 bits per heavy atom. The summed E-state index contributed by atoms with van der Waals surface area (Å²) in [5, 5.41) is 87.8. The van der Waals surface area contributed by atoms with Crippen molar-refractivity contribution in [2.75, 3.05) is 56.8 Å². The number of phosphoric acid groups is 6. The number of imidazole rings is 3. The van der Waals surface area contributed by atoms with Gasteiger partial charge in [0, 0.05) is 18.6 Å². The van der Waals surface area contributed by atoms with Gasteiger partial charge in [0.2, 0.25) is 0 Å². The van der Waals surface area contributed by atoms with Gasteiger partial charge in [0.1, 0.15) is 127 Å². The van der Waals surface area contributed by atoms with Crippen LogP contribution in [0.25, 0.3) is 33.5 Å². The summed E-state index contributed by atoms with van der Waals surface area (Å²) in [5.74, 6) is -0.647. The molecular formula is C57H73N21O44P6. The second-order valence-electron chi connectivity index (χ2n) is 28.0. The zero-order chi connectivity index (χ0) is 92.5. The number of nitrogens with zero attached hydrogens (tertiary/aromatic N) is 15. The molecule has 0 amide bonds. The Labute approximate surface area is 705 Å². The highest BCUT2D eigenvalue weighted by molar-refractivity contribution is 7.48. The number of aliphatic hydroxyl groups excluding tert-OH is 8. The molecule has 0 aromatic carbocycles. The van der Waals surface area contributed by atoms with Crippen LogP contribution in [0.5, 0.6) is 0 Å². The summed E-state index contributed by atoms with van der Waals surface area (Å²) in [4.78, 5) is 196. The molecule has 6 aliphatic heterocycles. The number of aromatic nitrogens is 18. The van der Waals surface area contributed by atoms with E-state index in [9.17, 15) is 136 Å². The Hall–Kier alpha value is -8.81. The molecule has 0 aliphatic carbocycles. The number of anilines is 3. The van der Waals surface area contributed by atoms with Crippen LogP contribution in [0.2, 0.25) is 0 Å². The summed E-state index contributed by atoms with van der Waals surface area (Å²) in [6.07, 6.45) is -34.5. The molecule has 6 fully saturated rings. The number of nitrogen functional groups attached to an aromatic ring is 3. The van der Waals surface area contributed by atoms with E-state index in [0.29, 0.717) is 9.13 Å². The molecule has 700 valence electrons. The molecule has 0 radical (unpaired) electrons. The van der Waals surface area contributed by atoms with E-state index >= 15 is 0 Å². The lowest BCUT2D eigenvalue weighted by molar-refractivity contribution is -0.0641. The number of hydrogen-bond acceptors (Lipinski definition) is 48. The van der Waals surface area contributed by atoms with E-state index in [0.717, 1.165) is 87.0 Å². The minimum atomic E-state index is -5.55. The van der Waals surface area contributed by atoms with E-state index in [2.05, 4.69) is 68.9 Å². The molecule has 28 atom stereocenters. The van der Waals surface area contributed by atoms with Crippen LogP contribution < -0.4 is 50.9 Å². The summed E-state index contributed by atoms with van der Waals surface area (Å²) in [6.45, 7) is -6.48. The Bertz CT molecular complexity index is 6270. The SMILES string of the molecule is Nc1ccn([C@@H]2O[C@H](COP(=O)(O)O[C@H]3[C@@H](O)[C@H](n4ccc(N)nc4=O)O[C@@H]3COP(=O)(O)O[C@H]3[C@@H](O)[C@H](n4ccc(N)nc4=O)O[C@@H]3COP(=O)(O)O)[C@@H](O)[C@H]2O)c(=O)n1.O=c1[nH]cnc2c1ncn2[C@@H]1O[C@H](COP(=O)(O)O[C@H]2[C@@H](O)[C@H](n3cnc4c(=O)[nH]cnc43)O[C@@H]2COP(=O)(O)O[C@H]2[C@@H](O)[C@H](n3cnc4c(=O)[nH]cnc43)O[C@@H]2COP(=O)(O)O)[C@@H](O)[C@H]1O. The van der Waals surface area contributed by atoms with Crippen molar-refractivity contribution >= 4 is 97.9 Å². The van der Waals surface area contributed by atoms with E-state index in [1.807, 2.05) is 0 Å². The van der Waals surface area contributed by atoms with E-state index < -0.39 is 268 Å². The first-order valence-electron chi connectivity index (χ1n) is 36.3. The highest BCUT2D eigenvalue weighted by Gasteiger charge is 2.57. The largest absolute Gasteiger partial charge is 0.472 e. The number of H-pyrrole nitrogens is 3. The molecule has 15 heterocycles. The Balaban J connectivity index is 0.000000208. The molecule has 9 aromatic rings. The van der Waals surface area contributed by atoms with Crippen LogP contribution >= 0.6 is 46.9 Å². The van der Waals surface area contributed by atoms with Crippen molar-refractivity contribution in [1.82, 2.24) is 87.2 Å². The third kappa shape index (κ3) is 20.9. The molecular weight excluding hydrogens is 1870 g/mol. The summed E-state index contributed by atoms with van der Waals surface area (Å²) < 4.78 is 166. The van der Waals surface area contributed by atoms with Crippen molar-refractivity contribution in [1.29, 1.82) is 0 Å². The van der Waals surface area contributed by atoms with Gasteiger partial charge in [-0.2, -0.15) is 15.0 Å². The second kappa shape index (κ2) is 37.4. The monoisotopic (exact) mass is 1940 g/mol. The van der Waals surface area contributed by atoms with Crippen molar-refractivity contribution in [3.63, 3.8) is 0 Å². The van der Waals surface area contributed by atoms with Crippen LogP contribution in [0.15, 0.2) is 104 Å². The molecule has 71 heteroatoms. The topological polar surface area (TPSA) is 947 Å². The van der Waals surface area contributed by atoms with Crippen LogP contribution in [0, 0.1) is 0 Å². The van der Waals surface area contributed by atoms with Crippen LogP contribution in [-0.4, -0.2) is 317 Å². The molecule has 0 bridgehead atoms. The van der Waals surface area contributed by atoms with Crippen molar-refractivity contribution in [2.45, 2.75) is 147 Å². The van der Waals surface area contributed by atoms with Crippen molar-refractivity contribution in [3.8, 4) is 0 Å². The fourth-order valence-corrected chi connectivity index (χ4v) is 18.3. The lowest BCUT2D eigenvalue weighted by Crippen LogP contribution is -2.39. The van der Waals surface area contributed by atoms with Crippen molar-refractivity contribution < 1.29 is 181 Å². The quantitative estimate of drug-likeness (QED) is 0.0174. The number of ether oxygens (including phenoxy) is 6. The van der Waals surface area contributed by atoms with Gasteiger partial charge in [0.25, 0.3) is 16.7 Å². The zero-order valence-corrected chi connectivity index (χ0v) is 69.1. The first-order chi connectivity index (χ1) is 60.1. The molecule has 9 aromatic heterocycles. The minimum Gasteiger partial charge on any atom is -0.387 e. The van der Waals surface area contributed by atoms with Crippen molar-refractivity contribution in [3.05, 3.63) is 137 Å². The first-order valence-corrected chi connectivity index (χ1v) is 45.3. The lowest BCUT2D eigenvalue weighted by Gasteiger charge is -2.26. The van der Waals surface area contributed by atoms with Gasteiger partial charge < -0.3 is 141 Å². The number of phosphoric ester groups is 6. The summed E-state index contributed by atoms with van der Waals surface area (Å²) >= 11 is 0. The summed E-state index contributed by atoms with van der Waals surface area (Å²) in [5.41, 5.74) is 10.4. The maximum absolute atomic E-state index is 13.6. The average molecular weight is 1940 g/mol. The Kier molecular flexibility index (Phi) is 27.9. The van der Waals surface area contributed by atoms with Crippen LogP contribution in [-0.2, 0) is 101 Å². The van der Waals surface area contributed by atoms with Gasteiger partial charge >= 0.3 is 64.0 Å². The number of fused-ring (bicyclic) bond motifs is 3. The molecule has 6 saturated heterocycles. The number of rotatable bonds is 32. The van der Waals surface area contributed by atoms with Gasteiger partial charge in [-0.3, -0.25) is 87.0 Å². The predicted octanol–water partition coefficient (Wildman–Crippen LogP) is -9.61. The third-order valence-corrected chi connectivity index (χ3v) is 24.6. The van der Waals surface area contributed by atoms with E-state index in [-0.39, 0.29) is 50.9 Å². The van der Waals surface area contributed by atoms with Crippen LogP contribution in [0.3, 0.4) is 0 Å². The number of nitrogens with two attached hydrogens (primary N) is 3. The van der Waals surface area contributed by atoms with Gasteiger partial charge in [0.15, 0.2) is 70.9 Å². The van der Waals surface area contributed by atoms with E-state index in [4.69, 9.17) is 81.8 Å². The molecule has 65 nitrogen and oxygen atoms in total. The number of nitrogens with one attached hydrogen (secondary N) is 3. The number of aromatic amines is 3. The van der Waals surface area contributed by atoms with E-state index in [1.54, 1.807) is 0 Å². The fourth-order valence-electron chi connectivity index (χ4n) is 13.8. The predicted molar refractivity (Wildman–Crippen MR) is 403 cm³/mol. The van der Waals surface area contributed by atoms with Crippen LogP contribution in [0.1, 0.15) is 37.4 Å². The number of aliphatic hydroxyl groups is 8. The lowest BCUT2D eigenvalue weighted by atomic mass is 10.1. The van der Waals surface area contributed by atoms with Crippen LogP contribution in [0.4, 0.5) is 17.5 Å². The molecule has 6 aliphatic rings. The maximum Gasteiger partial charge on any atom is 0.472 e. The van der Waals surface area contributed by atoms with Gasteiger partial charge in [-0.05, 0) is 18.2 Å². The average Bonchev–Trinajstić information content (AvgIpc) is 1.62. The Morgan fingerprint density at radius 2 is 0.547 bits per heavy atom. The normalized spacial score (nSPS) is 31.7. The molecule has 4 unspecified atom stereocenters. The zero-order valence-electron chi connectivity index (χ0n) is 63.7.